The van der Waals surface area contributed by atoms with E-state index in [9.17, 15) is 10.2 Å². The summed E-state index contributed by atoms with van der Waals surface area (Å²) in [5.74, 6) is 2.32. The molecular weight excluding hydrogens is 288 g/mol. The van der Waals surface area contributed by atoms with Gasteiger partial charge in [-0.3, -0.25) is 0 Å². The van der Waals surface area contributed by atoms with E-state index in [1.54, 1.807) is 6.92 Å². The van der Waals surface area contributed by atoms with Gasteiger partial charge < -0.3 is 15.3 Å². The monoisotopic (exact) mass is 330 g/mol. The lowest BCUT2D eigenvalue weighted by molar-refractivity contribution is -0.0886. The van der Waals surface area contributed by atoms with Crippen LogP contribution in [0.4, 0.5) is 0 Å². The fourth-order valence-corrected chi connectivity index (χ4v) is 3.15. The molecule has 0 saturated carbocycles. The van der Waals surface area contributed by atoms with Gasteiger partial charge in [-0.05, 0) is 31.1 Å². The molecule has 0 aliphatic heterocycles. The molecule has 4 atom stereocenters. The topological polar surface area (TPSA) is 60.7 Å². The molecule has 140 valence electrons. The molecule has 0 amide bonds. The Hall–Kier alpha value is -0.120. The highest BCUT2D eigenvalue weighted by Gasteiger charge is 2.29. The Morgan fingerprint density at radius 2 is 1.22 bits per heavy atom. The minimum atomic E-state index is -1.17. The zero-order valence-corrected chi connectivity index (χ0v) is 16.2. The van der Waals surface area contributed by atoms with E-state index in [-0.39, 0.29) is 6.61 Å². The van der Waals surface area contributed by atoms with Crippen LogP contribution in [0.1, 0.15) is 92.4 Å². The van der Waals surface area contributed by atoms with Crippen molar-refractivity contribution < 1.29 is 15.3 Å². The highest BCUT2D eigenvalue weighted by molar-refractivity contribution is 4.81. The molecule has 0 aromatic heterocycles. The van der Waals surface area contributed by atoms with Crippen LogP contribution in [-0.2, 0) is 0 Å². The van der Waals surface area contributed by atoms with Gasteiger partial charge in [0.1, 0.15) is 6.10 Å². The van der Waals surface area contributed by atoms with E-state index < -0.39 is 11.7 Å². The lowest BCUT2D eigenvalue weighted by atomic mass is 9.88. The summed E-state index contributed by atoms with van der Waals surface area (Å²) < 4.78 is 0. The van der Waals surface area contributed by atoms with Gasteiger partial charge in [0.15, 0.2) is 0 Å². The smallest absolute Gasteiger partial charge is 0.105 e. The van der Waals surface area contributed by atoms with Crippen molar-refractivity contribution in [2.24, 2.45) is 17.8 Å². The van der Waals surface area contributed by atoms with Gasteiger partial charge in [0, 0.05) is 0 Å². The average Bonchev–Trinajstić information content (AvgIpc) is 2.45. The largest absolute Gasteiger partial charge is 0.394 e. The van der Waals surface area contributed by atoms with Crippen molar-refractivity contribution in [1.29, 1.82) is 0 Å². The summed E-state index contributed by atoms with van der Waals surface area (Å²) >= 11 is 0. The summed E-state index contributed by atoms with van der Waals surface area (Å²) in [6.45, 7) is 10.5. The van der Waals surface area contributed by atoms with E-state index in [1.165, 1.54) is 38.5 Å². The molecule has 3 heteroatoms. The summed E-state index contributed by atoms with van der Waals surface area (Å²) in [6.07, 6.45) is 9.41. The molecule has 0 radical (unpaired) electrons. The number of hydrogen-bond donors (Lipinski definition) is 3. The summed E-state index contributed by atoms with van der Waals surface area (Å²) in [6, 6.07) is 0. The number of hydrogen-bond acceptors (Lipinski definition) is 3. The average molecular weight is 331 g/mol. The predicted molar refractivity (Wildman–Crippen MR) is 98.4 cm³/mol. The van der Waals surface area contributed by atoms with Gasteiger partial charge in [0.2, 0.25) is 0 Å². The van der Waals surface area contributed by atoms with Gasteiger partial charge in [-0.15, -0.1) is 0 Å². The van der Waals surface area contributed by atoms with Crippen molar-refractivity contribution in [1.82, 2.24) is 0 Å². The van der Waals surface area contributed by atoms with Gasteiger partial charge in [-0.2, -0.15) is 0 Å². The second-order valence-electron chi connectivity index (χ2n) is 8.41. The van der Waals surface area contributed by atoms with Crippen molar-refractivity contribution in [3.05, 3.63) is 0 Å². The maximum absolute atomic E-state index is 10.1. The van der Waals surface area contributed by atoms with Crippen LogP contribution in [0.2, 0.25) is 0 Å². The highest BCUT2D eigenvalue weighted by atomic mass is 16.4. The van der Waals surface area contributed by atoms with Crippen LogP contribution < -0.4 is 0 Å². The molecule has 0 aromatic carbocycles. The Bertz CT molecular complexity index is 276. The normalized spacial score (nSPS) is 18.7. The molecule has 0 aliphatic rings. The van der Waals surface area contributed by atoms with Crippen molar-refractivity contribution in [2.75, 3.05) is 6.61 Å². The van der Waals surface area contributed by atoms with Crippen LogP contribution in [0.5, 0.6) is 0 Å². The van der Waals surface area contributed by atoms with Crippen molar-refractivity contribution in [2.45, 2.75) is 104 Å². The van der Waals surface area contributed by atoms with Crippen LogP contribution in [-0.4, -0.2) is 33.6 Å². The van der Waals surface area contributed by atoms with E-state index in [4.69, 9.17) is 5.11 Å². The molecule has 0 rings (SSSR count). The maximum atomic E-state index is 10.1. The Kier molecular flexibility index (Phi) is 12.2. The lowest BCUT2D eigenvalue weighted by Crippen LogP contribution is -2.41. The predicted octanol–water partition coefficient (Wildman–Crippen LogP) is 4.53. The van der Waals surface area contributed by atoms with E-state index in [1.807, 2.05) is 0 Å². The molecule has 0 unspecified atom stereocenters. The zero-order valence-electron chi connectivity index (χ0n) is 16.2. The molecule has 0 spiro atoms. The first-order valence-corrected chi connectivity index (χ1v) is 9.70. The molecule has 3 nitrogen and oxygen atoms in total. The van der Waals surface area contributed by atoms with Crippen molar-refractivity contribution in [3.8, 4) is 0 Å². The minimum Gasteiger partial charge on any atom is -0.394 e. The van der Waals surface area contributed by atoms with E-state index >= 15 is 0 Å². The summed E-state index contributed by atoms with van der Waals surface area (Å²) in [4.78, 5) is 0. The standard InChI is InChI=1S/C20H42O3/c1-16(2)9-6-10-17(3)11-7-12-18(4)13-8-14-20(5,23)19(22)15-21/h16-19,21-23H,6-15H2,1-5H3/t17-,18-,19+,20-/m0/s1. The Labute approximate surface area is 144 Å². The third-order valence-corrected chi connectivity index (χ3v) is 5.14. The second kappa shape index (κ2) is 12.3. The van der Waals surface area contributed by atoms with Gasteiger partial charge >= 0.3 is 0 Å². The lowest BCUT2D eigenvalue weighted by Gasteiger charge is -2.28. The first-order chi connectivity index (χ1) is 10.7. The molecule has 0 aromatic rings. The third-order valence-electron chi connectivity index (χ3n) is 5.14. The van der Waals surface area contributed by atoms with E-state index in [0.717, 1.165) is 24.7 Å². The molecule has 23 heavy (non-hydrogen) atoms. The SMILES string of the molecule is CC(C)CCC[C@H](C)CCC[C@H](C)CCC[C@](C)(O)[C@H](O)CO. The molecule has 3 N–H and O–H groups in total. The summed E-state index contributed by atoms with van der Waals surface area (Å²) in [5.41, 5.74) is -1.17. The molecular formula is C20H42O3. The Morgan fingerprint density at radius 3 is 1.65 bits per heavy atom. The quantitative estimate of drug-likeness (QED) is 0.438. The van der Waals surface area contributed by atoms with Gasteiger partial charge in [-0.1, -0.05) is 79.1 Å². The minimum absolute atomic E-state index is 0.378. The van der Waals surface area contributed by atoms with Gasteiger partial charge in [0.25, 0.3) is 0 Å². The number of aliphatic hydroxyl groups is 3. The fraction of sp³-hybridized carbons (Fsp3) is 1.00. The first-order valence-electron chi connectivity index (χ1n) is 9.70. The molecule has 0 heterocycles. The first kappa shape index (κ1) is 22.9. The number of aliphatic hydroxyl groups excluding tert-OH is 2. The summed E-state index contributed by atoms with van der Waals surface area (Å²) in [7, 11) is 0. The zero-order chi connectivity index (χ0) is 17.9. The second-order valence-corrected chi connectivity index (χ2v) is 8.41. The Balaban J connectivity index is 3.69. The summed E-state index contributed by atoms with van der Waals surface area (Å²) in [5, 5.41) is 28.5. The van der Waals surface area contributed by atoms with Crippen molar-refractivity contribution in [3.63, 3.8) is 0 Å². The van der Waals surface area contributed by atoms with Crippen molar-refractivity contribution >= 4 is 0 Å². The van der Waals surface area contributed by atoms with Gasteiger partial charge in [-0.25, -0.2) is 0 Å². The van der Waals surface area contributed by atoms with Crippen LogP contribution >= 0.6 is 0 Å². The number of rotatable bonds is 14. The van der Waals surface area contributed by atoms with Gasteiger partial charge in [0.05, 0.1) is 12.2 Å². The van der Waals surface area contributed by atoms with Crippen LogP contribution in [0, 0.1) is 17.8 Å². The maximum Gasteiger partial charge on any atom is 0.105 e. The van der Waals surface area contributed by atoms with Crippen LogP contribution in [0.25, 0.3) is 0 Å². The Morgan fingerprint density at radius 1 is 0.783 bits per heavy atom. The fourth-order valence-electron chi connectivity index (χ4n) is 3.15. The van der Waals surface area contributed by atoms with E-state index in [0.29, 0.717) is 12.3 Å². The third kappa shape index (κ3) is 12.0. The molecule has 0 bridgehead atoms. The van der Waals surface area contributed by atoms with Crippen LogP contribution in [0.3, 0.4) is 0 Å². The molecule has 0 saturated heterocycles. The highest BCUT2D eigenvalue weighted by Crippen LogP contribution is 2.24. The molecule has 0 fully saturated rings. The van der Waals surface area contributed by atoms with Crippen LogP contribution in [0.15, 0.2) is 0 Å². The van der Waals surface area contributed by atoms with E-state index in [2.05, 4.69) is 27.7 Å². The molecule has 0 aliphatic carbocycles.